The first-order valence-corrected chi connectivity index (χ1v) is 5.96. The summed E-state index contributed by atoms with van der Waals surface area (Å²) in [5.41, 5.74) is 1.60. The molecule has 0 heterocycles. The number of hydrogen-bond donors (Lipinski definition) is 0. The van der Waals surface area contributed by atoms with Gasteiger partial charge in [0.1, 0.15) is 5.75 Å². The van der Waals surface area contributed by atoms with Crippen LogP contribution < -0.4 is 4.74 Å². The zero-order valence-corrected chi connectivity index (χ0v) is 11.2. The van der Waals surface area contributed by atoms with Gasteiger partial charge < -0.3 is 4.74 Å². The maximum absolute atomic E-state index is 6.15. The molecule has 0 saturated heterocycles. The Morgan fingerprint density at radius 3 is 2.41 bits per heavy atom. The second-order valence-electron chi connectivity index (χ2n) is 3.39. The van der Waals surface area contributed by atoms with Gasteiger partial charge >= 0.3 is 0 Å². The molecule has 1 radical (unpaired) electrons. The Morgan fingerprint density at radius 2 is 1.76 bits per heavy atom. The number of benzene rings is 2. The van der Waals surface area contributed by atoms with Crippen molar-refractivity contribution in [2.75, 3.05) is 7.11 Å². The molecule has 17 heavy (non-hydrogen) atoms. The van der Waals surface area contributed by atoms with E-state index in [2.05, 4.69) is 6.07 Å². The van der Waals surface area contributed by atoms with Gasteiger partial charge in [0, 0.05) is 27.2 Å². The second-order valence-corrected chi connectivity index (χ2v) is 4.67. The summed E-state index contributed by atoms with van der Waals surface area (Å²) in [6.45, 7) is 0. The molecule has 1 nitrogen and oxygen atoms in total. The predicted octanol–water partition coefficient (Wildman–Crippen LogP) is 5.12. The molecule has 0 saturated carbocycles. The fourth-order valence-corrected chi connectivity index (χ4v) is 2.21. The average Bonchev–Trinajstić information content (AvgIpc) is 2.29. The van der Waals surface area contributed by atoms with Crippen LogP contribution >= 0.6 is 34.8 Å². The highest BCUT2D eigenvalue weighted by Gasteiger charge is 2.10. The lowest BCUT2D eigenvalue weighted by molar-refractivity contribution is 0.415. The Hall–Kier alpha value is -0.890. The van der Waals surface area contributed by atoms with Crippen molar-refractivity contribution in [3.05, 3.63) is 51.5 Å². The molecule has 4 heteroatoms. The van der Waals surface area contributed by atoms with Crippen LogP contribution in [0.15, 0.2) is 30.3 Å². The Labute approximate surface area is 115 Å². The monoisotopic (exact) mass is 285 g/mol. The molecule has 0 aliphatic carbocycles. The molecule has 0 aromatic heterocycles. The van der Waals surface area contributed by atoms with Crippen molar-refractivity contribution < 1.29 is 4.74 Å². The molecule has 0 N–H and O–H groups in total. The van der Waals surface area contributed by atoms with Crippen molar-refractivity contribution in [1.82, 2.24) is 0 Å². The molecule has 2 aromatic rings. The first-order chi connectivity index (χ1) is 8.11. The largest absolute Gasteiger partial charge is 0.495 e. The highest BCUT2D eigenvalue weighted by Crippen LogP contribution is 2.37. The van der Waals surface area contributed by atoms with Crippen LogP contribution in [0.25, 0.3) is 11.1 Å². The smallest absolute Gasteiger partial charge is 0.134 e. The van der Waals surface area contributed by atoms with Crippen molar-refractivity contribution in [3.8, 4) is 16.9 Å². The van der Waals surface area contributed by atoms with Crippen LogP contribution in [0.2, 0.25) is 15.1 Å². The molecule has 0 fully saturated rings. The summed E-state index contributed by atoms with van der Waals surface area (Å²) in [5.74, 6) is 0.596. The van der Waals surface area contributed by atoms with E-state index in [-0.39, 0.29) is 0 Å². The van der Waals surface area contributed by atoms with Gasteiger partial charge in [0.05, 0.1) is 12.1 Å². The third kappa shape index (κ3) is 2.68. The lowest BCUT2D eigenvalue weighted by Gasteiger charge is -2.10. The Balaban J connectivity index is 2.62. The van der Waals surface area contributed by atoms with Gasteiger partial charge in [0.2, 0.25) is 0 Å². The molecule has 87 valence electrons. The van der Waals surface area contributed by atoms with Crippen LogP contribution in [0.3, 0.4) is 0 Å². The van der Waals surface area contributed by atoms with Gasteiger partial charge in [0.25, 0.3) is 0 Å². The Morgan fingerprint density at radius 1 is 1.00 bits per heavy atom. The van der Waals surface area contributed by atoms with Crippen LogP contribution in [0, 0.1) is 6.07 Å². The zero-order valence-electron chi connectivity index (χ0n) is 8.93. The normalized spacial score (nSPS) is 10.4. The molecule has 2 rings (SSSR count). The average molecular weight is 287 g/mol. The molecule has 0 atom stereocenters. The van der Waals surface area contributed by atoms with Gasteiger partial charge in [-0.15, -0.1) is 0 Å². The summed E-state index contributed by atoms with van der Waals surface area (Å²) < 4.78 is 5.23. The van der Waals surface area contributed by atoms with E-state index in [0.717, 1.165) is 11.1 Å². The summed E-state index contributed by atoms with van der Waals surface area (Å²) in [6, 6.07) is 11.7. The second kappa shape index (κ2) is 5.18. The van der Waals surface area contributed by atoms with Gasteiger partial charge in [-0.05, 0) is 24.3 Å². The van der Waals surface area contributed by atoms with E-state index in [1.807, 2.05) is 6.07 Å². The number of rotatable bonds is 2. The van der Waals surface area contributed by atoms with Crippen LogP contribution in [-0.2, 0) is 0 Å². The van der Waals surface area contributed by atoms with Gasteiger partial charge in [-0.1, -0.05) is 40.9 Å². The lowest BCUT2D eigenvalue weighted by Crippen LogP contribution is -1.89. The fourth-order valence-electron chi connectivity index (χ4n) is 1.53. The van der Waals surface area contributed by atoms with E-state index in [0.29, 0.717) is 20.8 Å². The molecule has 0 aliphatic rings. The number of hydrogen-bond acceptors (Lipinski definition) is 1. The minimum atomic E-state index is 0.548. The maximum atomic E-state index is 6.15. The molecule has 0 unspecified atom stereocenters. The van der Waals surface area contributed by atoms with Crippen molar-refractivity contribution in [2.45, 2.75) is 0 Å². The van der Waals surface area contributed by atoms with Crippen molar-refractivity contribution >= 4 is 34.8 Å². The first-order valence-electron chi connectivity index (χ1n) is 4.82. The van der Waals surface area contributed by atoms with Crippen molar-refractivity contribution in [1.29, 1.82) is 0 Å². The summed E-state index contributed by atoms with van der Waals surface area (Å²) in [5, 5.41) is 1.71. The maximum Gasteiger partial charge on any atom is 0.134 e. The third-order valence-electron chi connectivity index (χ3n) is 2.29. The van der Waals surface area contributed by atoms with E-state index >= 15 is 0 Å². The third-order valence-corrected chi connectivity index (χ3v) is 3.06. The van der Waals surface area contributed by atoms with Crippen LogP contribution in [0.5, 0.6) is 5.75 Å². The standard InChI is InChI=1S/C13H8Cl3O/c1-17-13-5-3-8(14)6-11(13)10-4-2-9(15)7-12(10)16/h2-4,6-7H,1H3. The van der Waals surface area contributed by atoms with Crippen LogP contribution in [-0.4, -0.2) is 7.11 Å². The Bertz CT molecular complexity index is 552. The quantitative estimate of drug-likeness (QED) is 0.744. The minimum absolute atomic E-state index is 0.548. The van der Waals surface area contributed by atoms with Gasteiger partial charge in [-0.25, -0.2) is 0 Å². The van der Waals surface area contributed by atoms with E-state index in [1.165, 1.54) is 0 Å². The number of ether oxygens (including phenoxy) is 1. The zero-order chi connectivity index (χ0) is 12.4. The Kier molecular flexibility index (Phi) is 3.82. The highest BCUT2D eigenvalue weighted by atomic mass is 35.5. The van der Waals surface area contributed by atoms with Gasteiger partial charge in [-0.3, -0.25) is 0 Å². The minimum Gasteiger partial charge on any atom is -0.495 e. The molecule has 0 aliphatic heterocycles. The van der Waals surface area contributed by atoms with E-state index in [4.69, 9.17) is 39.5 Å². The van der Waals surface area contributed by atoms with Crippen molar-refractivity contribution in [2.24, 2.45) is 0 Å². The lowest BCUT2D eigenvalue weighted by atomic mass is 10.0. The molecule has 0 bridgehead atoms. The molecular formula is C13H8Cl3O. The van der Waals surface area contributed by atoms with Crippen LogP contribution in [0.4, 0.5) is 0 Å². The van der Waals surface area contributed by atoms with Crippen molar-refractivity contribution in [3.63, 3.8) is 0 Å². The summed E-state index contributed by atoms with van der Waals surface area (Å²) in [6.07, 6.45) is 0. The predicted molar refractivity (Wildman–Crippen MR) is 72.3 cm³/mol. The number of halogens is 3. The summed E-state index contributed by atoms with van der Waals surface area (Å²) in [4.78, 5) is 0. The summed E-state index contributed by atoms with van der Waals surface area (Å²) >= 11 is 18.0. The van der Waals surface area contributed by atoms with Gasteiger partial charge in [-0.2, -0.15) is 0 Å². The molecule has 0 amide bonds. The highest BCUT2D eigenvalue weighted by molar-refractivity contribution is 6.36. The topological polar surface area (TPSA) is 9.23 Å². The van der Waals surface area contributed by atoms with E-state index < -0.39 is 0 Å². The van der Waals surface area contributed by atoms with Crippen LogP contribution in [0.1, 0.15) is 0 Å². The van der Waals surface area contributed by atoms with E-state index in [1.54, 1.807) is 31.4 Å². The number of methoxy groups -OCH3 is 1. The molecular weight excluding hydrogens is 279 g/mol. The van der Waals surface area contributed by atoms with E-state index in [9.17, 15) is 0 Å². The summed E-state index contributed by atoms with van der Waals surface area (Å²) in [7, 11) is 1.58. The first kappa shape index (κ1) is 12.6. The molecule has 0 spiro atoms. The SMILES string of the molecule is COc1[c]cc(Cl)cc1-c1ccc(Cl)cc1Cl. The van der Waals surface area contributed by atoms with Gasteiger partial charge in [0.15, 0.2) is 0 Å². The fraction of sp³-hybridized carbons (Fsp3) is 0.0769. The molecule has 2 aromatic carbocycles.